The number of ether oxygens (including phenoxy) is 1. The van der Waals surface area contributed by atoms with Gasteiger partial charge in [0, 0.05) is 19.7 Å². The lowest BCUT2D eigenvalue weighted by Crippen LogP contribution is -2.37. The first-order chi connectivity index (χ1) is 9.06. The molecule has 0 N–H and O–H groups in total. The molecule has 19 heavy (non-hydrogen) atoms. The van der Waals surface area contributed by atoms with Crippen molar-refractivity contribution in [3.8, 4) is 0 Å². The van der Waals surface area contributed by atoms with Crippen LogP contribution < -0.4 is 0 Å². The lowest BCUT2D eigenvalue weighted by Gasteiger charge is -2.22. The third-order valence-corrected chi connectivity index (χ3v) is 3.65. The molecule has 1 aliphatic rings. The maximum absolute atomic E-state index is 12.4. The number of aryl methyl sites for hydroxylation is 2. The fourth-order valence-electron chi connectivity index (χ4n) is 2.49. The van der Waals surface area contributed by atoms with Crippen LogP contribution in [-0.4, -0.2) is 36.6 Å². The smallest absolute Gasteiger partial charge is 0.227 e. The summed E-state index contributed by atoms with van der Waals surface area (Å²) in [5, 5.41) is 0. The third-order valence-electron chi connectivity index (χ3n) is 3.65. The molecular formula is C16H23NO2. The van der Waals surface area contributed by atoms with Gasteiger partial charge >= 0.3 is 0 Å². The standard InChI is InChI=1S/C16H23NO2/c1-12-5-6-13(2)15(9-12)10-16(18)17-7-4-8-19-14(3)11-17/h5-6,9,14H,4,7-8,10-11H2,1-3H3. The number of carbonyl (C=O) groups excluding carboxylic acids is 1. The van der Waals surface area contributed by atoms with E-state index in [1.54, 1.807) is 0 Å². The van der Waals surface area contributed by atoms with Crippen LogP contribution in [0.2, 0.25) is 0 Å². The third kappa shape index (κ3) is 3.80. The highest BCUT2D eigenvalue weighted by Crippen LogP contribution is 2.14. The molecule has 1 amide bonds. The molecule has 1 fully saturated rings. The largest absolute Gasteiger partial charge is 0.377 e. The molecule has 0 spiro atoms. The molecule has 1 aromatic rings. The van der Waals surface area contributed by atoms with Crippen molar-refractivity contribution < 1.29 is 9.53 Å². The van der Waals surface area contributed by atoms with Crippen LogP contribution in [-0.2, 0) is 16.0 Å². The van der Waals surface area contributed by atoms with Crippen LogP contribution in [0.1, 0.15) is 30.0 Å². The topological polar surface area (TPSA) is 29.5 Å². The SMILES string of the molecule is Cc1ccc(C)c(CC(=O)N2CCCOC(C)C2)c1. The highest BCUT2D eigenvalue weighted by Gasteiger charge is 2.20. The van der Waals surface area contributed by atoms with Gasteiger partial charge in [0.25, 0.3) is 0 Å². The van der Waals surface area contributed by atoms with Crippen molar-refractivity contribution in [3.05, 3.63) is 34.9 Å². The molecule has 0 radical (unpaired) electrons. The van der Waals surface area contributed by atoms with Crippen molar-refractivity contribution in [2.24, 2.45) is 0 Å². The van der Waals surface area contributed by atoms with Gasteiger partial charge in [-0.3, -0.25) is 4.79 Å². The quantitative estimate of drug-likeness (QED) is 0.818. The van der Waals surface area contributed by atoms with E-state index in [1.165, 1.54) is 11.1 Å². The maximum atomic E-state index is 12.4. The number of hydrogen-bond donors (Lipinski definition) is 0. The molecule has 104 valence electrons. The summed E-state index contributed by atoms with van der Waals surface area (Å²) >= 11 is 0. The van der Waals surface area contributed by atoms with Crippen molar-refractivity contribution in [1.29, 1.82) is 0 Å². The van der Waals surface area contributed by atoms with Gasteiger partial charge in [-0.15, -0.1) is 0 Å². The van der Waals surface area contributed by atoms with Crippen molar-refractivity contribution in [3.63, 3.8) is 0 Å². The Morgan fingerprint density at radius 2 is 2.21 bits per heavy atom. The Labute approximate surface area is 115 Å². The molecule has 1 aromatic carbocycles. The molecule has 0 aliphatic carbocycles. The van der Waals surface area contributed by atoms with E-state index in [4.69, 9.17) is 4.74 Å². The fourth-order valence-corrected chi connectivity index (χ4v) is 2.49. The summed E-state index contributed by atoms with van der Waals surface area (Å²) in [5.74, 6) is 0.214. The van der Waals surface area contributed by atoms with Crippen LogP contribution in [0, 0.1) is 13.8 Å². The predicted octanol–water partition coefficient (Wildman–Crippen LogP) is 2.48. The summed E-state index contributed by atoms with van der Waals surface area (Å²) < 4.78 is 5.58. The van der Waals surface area contributed by atoms with Crippen LogP contribution in [0.25, 0.3) is 0 Å². The predicted molar refractivity (Wildman–Crippen MR) is 76.2 cm³/mol. The average molecular weight is 261 g/mol. The minimum atomic E-state index is 0.144. The fraction of sp³-hybridized carbons (Fsp3) is 0.562. The highest BCUT2D eigenvalue weighted by atomic mass is 16.5. The zero-order valence-electron chi connectivity index (χ0n) is 12.1. The first-order valence-electron chi connectivity index (χ1n) is 7.02. The molecule has 1 unspecified atom stereocenters. The molecule has 0 saturated carbocycles. The average Bonchev–Trinajstić information content (AvgIpc) is 2.58. The molecular weight excluding hydrogens is 238 g/mol. The van der Waals surface area contributed by atoms with Crippen LogP contribution in [0.15, 0.2) is 18.2 Å². The molecule has 1 aliphatic heterocycles. The number of carbonyl (C=O) groups is 1. The van der Waals surface area contributed by atoms with Crippen molar-refractivity contribution in [1.82, 2.24) is 4.90 Å². The van der Waals surface area contributed by atoms with E-state index >= 15 is 0 Å². The molecule has 1 atom stereocenters. The van der Waals surface area contributed by atoms with E-state index in [0.717, 1.165) is 25.1 Å². The Kier molecular flexibility index (Phi) is 4.59. The number of benzene rings is 1. The van der Waals surface area contributed by atoms with Crippen LogP contribution >= 0.6 is 0 Å². The second-order valence-corrected chi connectivity index (χ2v) is 5.48. The van der Waals surface area contributed by atoms with E-state index in [0.29, 0.717) is 13.0 Å². The molecule has 0 bridgehead atoms. The maximum Gasteiger partial charge on any atom is 0.227 e. The van der Waals surface area contributed by atoms with Crippen molar-refractivity contribution in [2.45, 2.75) is 39.7 Å². The minimum absolute atomic E-state index is 0.144. The van der Waals surface area contributed by atoms with Crippen LogP contribution in [0.3, 0.4) is 0 Å². The Morgan fingerprint density at radius 1 is 1.42 bits per heavy atom. The van der Waals surface area contributed by atoms with E-state index in [-0.39, 0.29) is 12.0 Å². The molecule has 3 heteroatoms. The zero-order valence-corrected chi connectivity index (χ0v) is 12.1. The van der Waals surface area contributed by atoms with Gasteiger partial charge in [-0.05, 0) is 38.3 Å². The summed E-state index contributed by atoms with van der Waals surface area (Å²) in [7, 11) is 0. The summed E-state index contributed by atoms with van der Waals surface area (Å²) in [6.07, 6.45) is 1.58. The minimum Gasteiger partial charge on any atom is -0.377 e. The second-order valence-electron chi connectivity index (χ2n) is 5.48. The lowest BCUT2D eigenvalue weighted by molar-refractivity contribution is -0.131. The number of amides is 1. The number of nitrogens with zero attached hydrogens (tertiary/aromatic N) is 1. The van der Waals surface area contributed by atoms with E-state index < -0.39 is 0 Å². The van der Waals surface area contributed by atoms with E-state index in [1.807, 2.05) is 11.8 Å². The van der Waals surface area contributed by atoms with Gasteiger partial charge in [0.05, 0.1) is 12.5 Å². The van der Waals surface area contributed by atoms with Gasteiger partial charge in [0.2, 0.25) is 5.91 Å². The highest BCUT2D eigenvalue weighted by molar-refractivity contribution is 5.79. The van der Waals surface area contributed by atoms with Gasteiger partial charge in [-0.1, -0.05) is 23.8 Å². The van der Waals surface area contributed by atoms with Crippen molar-refractivity contribution in [2.75, 3.05) is 19.7 Å². The van der Waals surface area contributed by atoms with Gasteiger partial charge in [0.15, 0.2) is 0 Å². The number of rotatable bonds is 2. The number of hydrogen-bond acceptors (Lipinski definition) is 2. The monoisotopic (exact) mass is 261 g/mol. The summed E-state index contributed by atoms with van der Waals surface area (Å²) in [6, 6.07) is 6.29. The van der Waals surface area contributed by atoms with Gasteiger partial charge in [-0.2, -0.15) is 0 Å². The molecule has 1 heterocycles. The summed E-state index contributed by atoms with van der Waals surface area (Å²) in [6.45, 7) is 8.45. The molecule has 2 rings (SSSR count). The van der Waals surface area contributed by atoms with Gasteiger partial charge in [0.1, 0.15) is 0 Å². The summed E-state index contributed by atoms with van der Waals surface area (Å²) in [4.78, 5) is 14.3. The molecule has 0 aromatic heterocycles. The normalized spacial score (nSPS) is 20.2. The Bertz CT molecular complexity index is 456. The molecule has 3 nitrogen and oxygen atoms in total. The van der Waals surface area contributed by atoms with Gasteiger partial charge in [-0.25, -0.2) is 0 Å². The van der Waals surface area contributed by atoms with E-state index in [9.17, 15) is 4.79 Å². The van der Waals surface area contributed by atoms with Crippen LogP contribution in [0.4, 0.5) is 0 Å². The first kappa shape index (κ1) is 14.1. The molecule has 1 saturated heterocycles. The van der Waals surface area contributed by atoms with Crippen LogP contribution in [0.5, 0.6) is 0 Å². The summed E-state index contributed by atoms with van der Waals surface area (Å²) in [5.41, 5.74) is 3.54. The first-order valence-corrected chi connectivity index (χ1v) is 7.02. The van der Waals surface area contributed by atoms with E-state index in [2.05, 4.69) is 32.0 Å². The Morgan fingerprint density at radius 3 is 3.00 bits per heavy atom. The lowest BCUT2D eigenvalue weighted by atomic mass is 10.0. The van der Waals surface area contributed by atoms with Crippen molar-refractivity contribution >= 4 is 5.91 Å². The Balaban J connectivity index is 2.05. The Hall–Kier alpha value is -1.35. The zero-order chi connectivity index (χ0) is 13.8. The van der Waals surface area contributed by atoms with Gasteiger partial charge < -0.3 is 9.64 Å². The second kappa shape index (κ2) is 6.20.